The predicted molar refractivity (Wildman–Crippen MR) is 282 cm³/mol. The highest BCUT2D eigenvalue weighted by Crippen LogP contribution is 2.49. The van der Waals surface area contributed by atoms with Crippen molar-refractivity contribution in [2.75, 3.05) is 4.90 Å². The Morgan fingerprint density at radius 2 is 0.818 bits per heavy atom. The average Bonchev–Trinajstić information content (AvgIpc) is 3.73. The normalized spacial score (nSPS) is 11.6. The van der Waals surface area contributed by atoms with Crippen molar-refractivity contribution in [3.05, 3.63) is 255 Å². The Bertz CT molecular complexity index is 3980. The third-order valence-corrected chi connectivity index (χ3v) is 13.5. The van der Waals surface area contributed by atoms with Crippen LogP contribution in [-0.2, 0) is 0 Å². The van der Waals surface area contributed by atoms with Gasteiger partial charge in [0.2, 0.25) is 0 Å². The minimum absolute atomic E-state index is 1.09. The lowest BCUT2D eigenvalue weighted by molar-refractivity contribution is 1.18. The lowest BCUT2D eigenvalue weighted by Gasteiger charge is -2.30. The molecule has 308 valence electrons. The molecule has 0 N–H and O–H groups in total. The zero-order valence-electron chi connectivity index (χ0n) is 36.1. The van der Waals surface area contributed by atoms with E-state index in [4.69, 9.17) is 0 Å². The maximum atomic E-state index is 2.51. The molecule has 2 nitrogen and oxygen atoms in total. The molecule has 0 amide bonds. The number of hydrogen-bond acceptors (Lipinski definition) is 1. The van der Waals surface area contributed by atoms with Crippen LogP contribution in [0.15, 0.2) is 255 Å². The number of anilines is 3. The average molecular weight is 839 g/mol. The van der Waals surface area contributed by atoms with Gasteiger partial charge in [-0.1, -0.05) is 200 Å². The summed E-state index contributed by atoms with van der Waals surface area (Å²) in [6, 6.07) is 93.5. The van der Waals surface area contributed by atoms with Gasteiger partial charge in [0.15, 0.2) is 0 Å². The highest BCUT2D eigenvalue weighted by atomic mass is 15.1. The first-order chi connectivity index (χ1) is 32.8. The molecule has 0 aliphatic carbocycles. The smallest absolute Gasteiger partial charge is 0.0541 e. The molecule has 66 heavy (non-hydrogen) atoms. The molecule has 13 rings (SSSR count). The van der Waals surface area contributed by atoms with Gasteiger partial charge in [0.25, 0.3) is 0 Å². The Hall–Kier alpha value is -8.72. The summed E-state index contributed by atoms with van der Waals surface area (Å²) in [6.07, 6.45) is 0. The van der Waals surface area contributed by atoms with Crippen LogP contribution in [0.3, 0.4) is 0 Å². The number of rotatable bonds is 7. The molecule has 12 aromatic carbocycles. The van der Waals surface area contributed by atoms with Gasteiger partial charge in [-0.2, -0.15) is 0 Å². The monoisotopic (exact) mass is 838 g/mol. The Kier molecular flexibility index (Phi) is 8.89. The first-order valence-electron chi connectivity index (χ1n) is 22.8. The second-order valence-electron chi connectivity index (χ2n) is 17.2. The molecule has 13 aromatic rings. The van der Waals surface area contributed by atoms with E-state index >= 15 is 0 Å². The second kappa shape index (κ2) is 15.5. The zero-order valence-corrected chi connectivity index (χ0v) is 36.1. The Balaban J connectivity index is 1.11. The van der Waals surface area contributed by atoms with Crippen molar-refractivity contribution in [1.29, 1.82) is 0 Å². The zero-order chi connectivity index (χ0) is 43.6. The van der Waals surface area contributed by atoms with Gasteiger partial charge in [-0.05, 0) is 120 Å². The molecule has 0 bridgehead atoms. The predicted octanol–water partition coefficient (Wildman–Crippen LogP) is 17.9. The van der Waals surface area contributed by atoms with Crippen LogP contribution in [0.4, 0.5) is 17.1 Å². The third kappa shape index (κ3) is 6.04. The molecule has 0 unspecified atom stereocenters. The molecular formula is C64H42N2. The largest absolute Gasteiger partial charge is 0.309 e. The van der Waals surface area contributed by atoms with E-state index in [9.17, 15) is 0 Å². The Morgan fingerprint density at radius 3 is 1.61 bits per heavy atom. The van der Waals surface area contributed by atoms with Gasteiger partial charge in [-0.3, -0.25) is 0 Å². The lowest BCUT2D eigenvalue weighted by atomic mass is 9.85. The highest BCUT2D eigenvalue weighted by molar-refractivity contribution is 6.23. The summed E-state index contributed by atoms with van der Waals surface area (Å²) in [5, 5.41) is 12.3. The molecule has 1 aromatic heterocycles. The number of nitrogens with zero attached hydrogens (tertiary/aromatic N) is 2. The minimum atomic E-state index is 1.09. The van der Waals surface area contributed by atoms with Crippen LogP contribution >= 0.6 is 0 Å². The van der Waals surface area contributed by atoms with E-state index in [0.29, 0.717) is 0 Å². The quantitative estimate of drug-likeness (QED) is 0.145. The van der Waals surface area contributed by atoms with Crippen molar-refractivity contribution in [3.63, 3.8) is 0 Å². The number of hydrogen-bond donors (Lipinski definition) is 0. The molecule has 1 heterocycles. The number of para-hydroxylation sites is 3. The lowest BCUT2D eigenvalue weighted by Crippen LogP contribution is -2.12. The SMILES string of the molecule is c1ccc(-c2c(-c3ccccc3)c3cc(N(c4ccccc4-c4ccc5c(c4)c4ccccc4n5-c4ccccc4)c4cccc5c4ccc4ccccc45)ccc3c3ccccc23)cc1. The van der Waals surface area contributed by atoms with Crippen LogP contribution in [0.2, 0.25) is 0 Å². The van der Waals surface area contributed by atoms with Crippen LogP contribution in [0, 0.1) is 0 Å². The molecule has 2 heteroatoms. The fourth-order valence-electron chi connectivity index (χ4n) is 10.7. The Morgan fingerprint density at radius 1 is 0.273 bits per heavy atom. The van der Waals surface area contributed by atoms with Crippen LogP contribution in [0.5, 0.6) is 0 Å². The van der Waals surface area contributed by atoms with E-state index in [2.05, 4.69) is 264 Å². The van der Waals surface area contributed by atoms with Gasteiger partial charge in [0, 0.05) is 33.1 Å². The first kappa shape index (κ1) is 37.8. The van der Waals surface area contributed by atoms with E-state index in [1.165, 1.54) is 87.1 Å². The van der Waals surface area contributed by atoms with Crippen molar-refractivity contribution in [2.24, 2.45) is 0 Å². The van der Waals surface area contributed by atoms with Crippen molar-refractivity contribution in [1.82, 2.24) is 4.57 Å². The van der Waals surface area contributed by atoms with Gasteiger partial charge in [0.05, 0.1) is 22.4 Å². The van der Waals surface area contributed by atoms with Crippen LogP contribution in [0.25, 0.3) is 104 Å². The van der Waals surface area contributed by atoms with E-state index in [0.717, 1.165) is 33.9 Å². The highest BCUT2D eigenvalue weighted by Gasteiger charge is 2.24. The standard InChI is InChI=1S/C64H42N2/c1-4-20-44(21-5-1)63-56-30-13-12-28-52(56)53-39-37-48(42-58(53)64(63)45-22-6-2-7-23-45)66(61-34-18-31-51-49-26-11-10-19-43(49)35-38-55(51)61)59-32-16-14-27-50(59)46-36-40-62-57(41-46)54-29-15-17-33-60(54)65(62)47-24-8-3-9-25-47/h1-42H. The van der Waals surface area contributed by atoms with E-state index in [1.807, 2.05) is 0 Å². The molecule has 0 atom stereocenters. The van der Waals surface area contributed by atoms with Gasteiger partial charge in [-0.15, -0.1) is 0 Å². The van der Waals surface area contributed by atoms with E-state index < -0.39 is 0 Å². The summed E-state index contributed by atoms with van der Waals surface area (Å²) in [7, 11) is 0. The maximum absolute atomic E-state index is 2.51. The summed E-state index contributed by atoms with van der Waals surface area (Å²) in [5.41, 5.74) is 14.0. The molecule has 0 radical (unpaired) electrons. The number of aromatic nitrogens is 1. The summed E-state index contributed by atoms with van der Waals surface area (Å²) in [4.78, 5) is 2.51. The molecule has 0 spiro atoms. The molecule has 0 aliphatic heterocycles. The van der Waals surface area contributed by atoms with Crippen molar-refractivity contribution in [2.45, 2.75) is 0 Å². The van der Waals surface area contributed by atoms with E-state index in [-0.39, 0.29) is 0 Å². The van der Waals surface area contributed by atoms with Gasteiger partial charge in [-0.25, -0.2) is 0 Å². The summed E-state index contributed by atoms with van der Waals surface area (Å²) in [5.74, 6) is 0. The van der Waals surface area contributed by atoms with Gasteiger partial charge in [0.1, 0.15) is 0 Å². The number of benzene rings is 12. The van der Waals surface area contributed by atoms with Crippen LogP contribution < -0.4 is 4.90 Å². The molecule has 0 aliphatic rings. The number of fused-ring (bicyclic) bond motifs is 9. The minimum Gasteiger partial charge on any atom is -0.309 e. The van der Waals surface area contributed by atoms with Gasteiger partial charge >= 0.3 is 0 Å². The summed E-state index contributed by atoms with van der Waals surface area (Å²) in [6.45, 7) is 0. The first-order valence-corrected chi connectivity index (χ1v) is 22.8. The molecule has 0 saturated heterocycles. The van der Waals surface area contributed by atoms with Crippen LogP contribution in [-0.4, -0.2) is 4.57 Å². The molecule has 0 fully saturated rings. The molecular weight excluding hydrogens is 797 g/mol. The third-order valence-electron chi connectivity index (χ3n) is 13.5. The van der Waals surface area contributed by atoms with Crippen molar-refractivity contribution < 1.29 is 0 Å². The maximum Gasteiger partial charge on any atom is 0.0541 e. The fraction of sp³-hybridized carbons (Fsp3) is 0. The van der Waals surface area contributed by atoms with E-state index in [1.54, 1.807) is 0 Å². The summed E-state index contributed by atoms with van der Waals surface area (Å²) >= 11 is 0. The van der Waals surface area contributed by atoms with Gasteiger partial charge < -0.3 is 9.47 Å². The van der Waals surface area contributed by atoms with Crippen molar-refractivity contribution in [3.8, 4) is 39.1 Å². The fourth-order valence-corrected chi connectivity index (χ4v) is 10.7. The Labute approximate surface area is 383 Å². The van der Waals surface area contributed by atoms with Crippen LogP contribution in [0.1, 0.15) is 0 Å². The summed E-state index contributed by atoms with van der Waals surface area (Å²) < 4.78 is 2.39. The van der Waals surface area contributed by atoms with Crippen molar-refractivity contribution >= 4 is 82.0 Å². The second-order valence-corrected chi connectivity index (χ2v) is 17.2. The molecule has 0 saturated carbocycles. The topological polar surface area (TPSA) is 8.17 Å².